The van der Waals surface area contributed by atoms with Gasteiger partial charge >= 0.3 is 0 Å². The van der Waals surface area contributed by atoms with Crippen LogP contribution in [0.4, 0.5) is 5.82 Å². The molecule has 2 saturated heterocycles. The Hall–Kier alpha value is -1.50. The smallest absolute Gasteiger partial charge is 0.249 e. The Morgan fingerprint density at radius 1 is 1.41 bits per heavy atom. The summed E-state index contributed by atoms with van der Waals surface area (Å²) >= 11 is 1.72. The monoisotopic (exact) mass is 320 g/mol. The molecule has 7 heteroatoms. The second-order valence-electron chi connectivity index (χ2n) is 6.51. The van der Waals surface area contributed by atoms with E-state index in [2.05, 4.69) is 17.3 Å². The van der Waals surface area contributed by atoms with Gasteiger partial charge in [-0.25, -0.2) is 0 Å². The number of aryl methyl sites for hydroxylation is 2. The van der Waals surface area contributed by atoms with Crippen LogP contribution < -0.4 is 5.32 Å². The lowest BCUT2D eigenvalue weighted by Gasteiger charge is -2.29. The highest BCUT2D eigenvalue weighted by Gasteiger charge is 2.53. The average Bonchev–Trinajstić information content (AvgIpc) is 3.17. The van der Waals surface area contributed by atoms with E-state index in [1.165, 1.54) is 0 Å². The van der Waals surface area contributed by atoms with Gasteiger partial charge in [0.25, 0.3) is 0 Å². The summed E-state index contributed by atoms with van der Waals surface area (Å²) in [4.78, 5) is 26.5. The first kappa shape index (κ1) is 14.1. The van der Waals surface area contributed by atoms with Gasteiger partial charge in [-0.3, -0.25) is 14.3 Å². The molecular formula is C15H20N4O2S. The molecule has 2 amide bonds. The fraction of sp³-hybridized carbons (Fsp3) is 0.667. The van der Waals surface area contributed by atoms with E-state index in [0.717, 1.165) is 42.8 Å². The van der Waals surface area contributed by atoms with Crippen molar-refractivity contribution in [3.05, 3.63) is 11.3 Å². The van der Waals surface area contributed by atoms with Crippen molar-refractivity contribution < 1.29 is 9.59 Å². The fourth-order valence-electron chi connectivity index (χ4n) is 3.89. The van der Waals surface area contributed by atoms with Crippen molar-refractivity contribution >= 4 is 29.4 Å². The number of carbonyl (C=O) groups excluding carboxylic acids is 2. The van der Waals surface area contributed by atoms with Gasteiger partial charge in [0, 0.05) is 24.8 Å². The van der Waals surface area contributed by atoms with Crippen LogP contribution in [0, 0.1) is 0 Å². The molecule has 3 heterocycles. The highest BCUT2D eigenvalue weighted by atomic mass is 32.2. The van der Waals surface area contributed by atoms with E-state index < -0.39 is 0 Å². The molecule has 0 unspecified atom stereocenters. The lowest BCUT2D eigenvalue weighted by Crippen LogP contribution is -2.48. The molecular weight excluding hydrogens is 300 g/mol. The number of thioether (sulfide) groups is 1. The number of nitrogens with zero attached hydrogens (tertiary/aromatic N) is 3. The molecule has 118 valence electrons. The first-order valence-corrected chi connectivity index (χ1v) is 8.80. The molecule has 6 nitrogen and oxygen atoms in total. The lowest BCUT2D eigenvalue weighted by molar-refractivity contribution is -0.135. The molecule has 22 heavy (non-hydrogen) atoms. The highest BCUT2D eigenvalue weighted by Crippen LogP contribution is 2.47. The van der Waals surface area contributed by atoms with Gasteiger partial charge in [-0.1, -0.05) is 0 Å². The molecule has 2 fully saturated rings. The predicted molar refractivity (Wildman–Crippen MR) is 84.6 cm³/mol. The Morgan fingerprint density at radius 3 is 3.05 bits per heavy atom. The van der Waals surface area contributed by atoms with Gasteiger partial charge in [-0.05, 0) is 32.6 Å². The standard InChI is InChI=1S/C15H20N4O2S/c1-15-7-6-12(20)19(15)11(8-22-15)14(21)16-13-9-4-3-5-10(9)17-18(13)2/h11H,3-8H2,1-2H3,(H,16,21)/t11-,15+/m0/s1. The van der Waals surface area contributed by atoms with Crippen molar-refractivity contribution in [3.8, 4) is 0 Å². The van der Waals surface area contributed by atoms with Gasteiger partial charge in [0.1, 0.15) is 11.9 Å². The molecule has 3 aliphatic rings. The molecule has 0 saturated carbocycles. The average molecular weight is 320 g/mol. The summed E-state index contributed by atoms with van der Waals surface area (Å²) in [5.74, 6) is 1.50. The van der Waals surface area contributed by atoms with Gasteiger partial charge in [-0.15, -0.1) is 11.8 Å². The zero-order valence-corrected chi connectivity index (χ0v) is 13.7. The van der Waals surface area contributed by atoms with Crippen LogP contribution in [0.1, 0.15) is 37.4 Å². The van der Waals surface area contributed by atoms with Crippen LogP contribution in [0.5, 0.6) is 0 Å². The molecule has 0 bridgehead atoms. The minimum Gasteiger partial charge on any atom is -0.315 e. The number of rotatable bonds is 2. The molecule has 1 aromatic heterocycles. The maximum atomic E-state index is 12.7. The van der Waals surface area contributed by atoms with Gasteiger partial charge in [0.15, 0.2) is 0 Å². The van der Waals surface area contributed by atoms with Crippen molar-refractivity contribution in [2.45, 2.75) is 49.9 Å². The first-order chi connectivity index (χ1) is 10.5. The molecule has 0 radical (unpaired) electrons. The largest absolute Gasteiger partial charge is 0.315 e. The van der Waals surface area contributed by atoms with Gasteiger partial charge in [0.05, 0.1) is 10.6 Å². The van der Waals surface area contributed by atoms with Crippen molar-refractivity contribution in [2.24, 2.45) is 7.05 Å². The summed E-state index contributed by atoms with van der Waals surface area (Å²) in [6, 6.07) is -0.364. The topological polar surface area (TPSA) is 67.2 Å². The third-order valence-corrected chi connectivity index (χ3v) is 6.56. The summed E-state index contributed by atoms with van der Waals surface area (Å²) in [6.45, 7) is 2.07. The maximum Gasteiger partial charge on any atom is 0.249 e. The number of amides is 2. The molecule has 4 rings (SSSR count). The van der Waals surface area contributed by atoms with Crippen molar-refractivity contribution in [1.29, 1.82) is 0 Å². The normalized spacial score (nSPS) is 29.8. The molecule has 0 spiro atoms. The fourth-order valence-corrected chi connectivity index (χ4v) is 5.32. The van der Waals surface area contributed by atoms with E-state index in [9.17, 15) is 9.59 Å². The van der Waals surface area contributed by atoms with E-state index in [-0.39, 0.29) is 22.7 Å². The number of carbonyl (C=O) groups is 2. The molecule has 2 aliphatic heterocycles. The van der Waals surface area contributed by atoms with Crippen LogP contribution in [0.2, 0.25) is 0 Å². The maximum absolute atomic E-state index is 12.7. The molecule has 0 aromatic carbocycles. The van der Waals surface area contributed by atoms with Gasteiger partial charge in [0.2, 0.25) is 11.8 Å². The minimum absolute atomic E-state index is 0.0795. The summed E-state index contributed by atoms with van der Waals surface area (Å²) in [5, 5.41) is 7.52. The van der Waals surface area contributed by atoms with Crippen LogP contribution >= 0.6 is 11.8 Å². The summed E-state index contributed by atoms with van der Waals surface area (Å²) in [6.07, 6.45) is 4.44. The minimum atomic E-state index is -0.364. The van der Waals surface area contributed by atoms with Crippen molar-refractivity contribution in [3.63, 3.8) is 0 Å². The molecule has 1 aromatic rings. The number of hydrogen-bond acceptors (Lipinski definition) is 4. The Labute approximate surface area is 133 Å². The van der Waals surface area contributed by atoms with Gasteiger partial charge < -0.3 is 10.2 Å². The van der Waals surface area contributed by atoms with Crippen molar-refractivity contribution in [2.75, 3.05) is 11.1 Å². The van der Waals surface area contributed by atoms with E-state index in [1.54, 1.807) is 21.3 Å². The number of aromatic nitrogens is 2. The van der Waals surface area contributed by atoms with Crippen LogP contribution in [0.3, 0.4) is 0 Å². The summed E-state index contributed by atoms with van der Waals surface area (Å²) in [7, 11) is 1.86. The Morgan fingerprint density at radius 2 is 2.23 bits per heavy atom. The third-order valence-electron chi connectivity index (χ3n) is 5.06. The van der Waals surface area contributed by atoms with E-state index in [0.29, 0.717) is 12.2 Å². The van der Waals surface area contributed by atoms with E-state index in [4.69, 9.17) is 0 Å². The molecule has 1 aliphatic carbocycles. The second kappa shape index (κ2) is 4.75. The molecule has 1 N–H and O–H groups in total. The van der Waals surface area contributed by atoms with Crippen LogP contribution in [0.25, 0.3) is 0 Å². The highest BCUT2D eigenvalue weighted by molar-refractivity contribution is 8.01. The lowest BCUT2D eigenvalue weighted by atomic mass is 10.2. The number of fused-ring (bicyclic) bond motifs is 2. The predicted octanol–water partition coefficient (Wildman–Crippen LogP) is 1.30. The zero-order valence-electron chi connectivity index (χ0n) is 12.9. The second-order valence-corrected chi connectivity index (χ2v) is 8.01. The van der Waals surface area contributed by atoms with E-state index >= 15 is 0 Å². The van der Waals surface area contributed by atoms with E-state index in [1.807, 2.05) is 7.05 Å². The zero-order chi connectivity index (χ0) is 15.5. The Kier molecular flexibility index (Phi) is 3.04. The van der Waals surface area contributed by atoms with Crippen LogP contribution in [-0.4, -0.2) is 43.2 Å². The van der Waals surface area contributed by atoms with Gasteiger partial charge in [-0.2, -0.15) is 5.10 Å². The summed E-state index contributed by atoms with van der Waals surface area (Å²) < 4.78 is 1.76. The first-order valence-electron chi connectivity index (χ1n) is 7.81. The quantitative estimate of drug-likeness (QED) is 0.892. The summed E-state index contributed by atoms with van der Waals surface area (Å²) in [5.41, 5.74) is 2.26. The van der Waals surface area contributed by atoms with Crippen LogP contribution in [-0.2, 0) is 29.5 Å². The third kappa shape index (κ3) is 1.91. The Bertz CT molecular complexity index is 671. The number of hydrogen-bond donors (Lipinski definition) is 1. The number of anilines is 1. The number of nitrogens with one attached hydrogen (secondary N) is 1. The Balaban J connectivity index is 1.57. The molecule has 2 atom stereocenters. The van der Waals surface area contributed by atoms with Crippen molar-refractivity contribution in [1.82, 2.24) is 14.7 Å². The SMILES string of the molecule is Cn1nc2c(c1NC(=O)[C@@H]1CS[C@]3(C)CCC(=O)N13)CCC2. The van der Waals surface area contributed by atoms with Crippen LogP contribution in [0.15, 0.2) is 0 Å².